The third-order valence-electron chi connectivity index (χ3n) is 10.2. The molecule has 265 valence electrons. The van der Waals surface area contributed by atoms with E-state index in [2.05, 4.69) is 127 Å². The van der Waals surface area contributed by atoms with Crippen LogP contribution < -0.4 is 0 Å². The molecule has 0 aliphatic heterocycles. The molecule has 1 aliphatic carbocycles. The van der Waals surface area contributed by atoms with E-state index in [1.54, 1.807) is 18.3 Å². The van der Waals surface area contributed by atoms with E-state index in [4.69, 9.17) is 10.5 Å². The maximum Gasteiger partial charge on any atom is 0.0352 e. The molecule has 0 saturated heterocycles. The summed E-state index contributed by atoms with van der Waals surface area (Å²) in [7, 11) is 0. The van der Waals surface area contributed by atoms with Crippen LogP contribution in [0.25, 0.3) is 55.9 Å². The van der Waals surface area contributed by atoms with Gasteiger partial charge in [-0.15, -0.1) is 65.2 Å². The molecule has 0 spiro atoms. The van der Waals surface area contributed by atoms with E-state index >= 15 is 0 Å². The average Bonchev–Trinajstić information content (AvgIpc) is 3.23. The summed E-state index contributed by atoms with van der Waals surface area (Å²) < 4.78 is 32.2. The van der Waals surface area contributed by atoms with Crippen molar-refractivity contribution in [2.45, 2.75) is 64.6 Å². The van der Waals surface area contributed by atoms with E-state index in [9.17, 15) is 0 Å². The predicted molar refractivity (Wildman–Crippen MR) is 216 cm³/mol. The van der Waals surface area contributed by atoms with E-state index in [0.717, 1.165) is 88.7 Å². The Balaban J connectivity index is 0.00000496. The van der Waals surface area contributed by atoms with Gasteiger partial charge in [-0.25, -0.2) is 0 Å². The number of rotatable bonds is 9. The second-order valence-electron chi connectivity index (χ2n) is 14.0. The Labute approximate surface area is 334 Å². The summed E-state index contributed by atoms with van der Waals surface area (Å²) in [6.07, 6.45) is 10.5. The van der Waals surface area contributed by atoms with Crippen LogP contribution in [0.4, 0.5) is 0 Å². The zero-order valence-electron chi connectivity index (χ0n) is 34.0. The third kappa shape index (κ3) is 8.65. The molecule has 1 fully saturated rings. The van der Waals surface area contributed by atoms with Gasteiger partial charge in [0.05, 0.1) is 0 Å². The van der Waals surface area contributed by atoms with E-state index in [-0.39, 0.29) is 25.7 Å². The summed E-state index contributed by atoms with van der Waals surface area (Å²) in [5.74, 6) is -0.453. The van der Waals surface area contributed by atoms with Crippen molar-refractivity contribution in [3.05, 3.63) is 180 Å². The van der Waals surface area contributed by atoms with E-state index in [1.165, 1.54) is 28.7 Å². The van der Waals surface area contributed by atoms with Gasteiger partial charge in [-0.3, -0.25) is 0 Å². The monoisotopic (exact) mass is 869 g/mol. The van der Waals surface area contributed by atoms with Gasteiger partial charge in [0.25, 0.3) is 0 Å². The Morgan fingerprint density at radius 1 is 0.604 bits per heavy atom. The van der Waals surface area contributed by atoms with Crippen LogP contribution in [0.1, 0.15) is 71.3 Å². The Bertz CT molecular complexity index is 2450. The van der Waals surface area contributed by atoms with Crippen molar-refractivity contribution >= 4 is 0 Å². The Morgan fingerprint density at radius 3 is 2.00 bits per heavy atom. The smallest absolute Gasteiger partial charge is 0.0352 e. The first-order chi connectivity index (χ1) is 27.1. The van der Waals surface area contributed by atoms with E-state index < -0.39 is 12.7 Å². The SMILES string of the molecule is [2H]C([2H])([2H])c1ccnc(-c2[c-]cc(CCc3cc(C)cc(-c4ccccc4-c4c[c-]c(-c5cc(-c6ccc(C7([2H])CCCCC7)cc6)ccn5)cc4)c3)cc2)c1.[Ir]. The number of pyridine rings is 2. The molecular formula is C50H44IrN2-2. The standard InChI is InChI=1S/C50H44N2.Ir/c1-35-26-28-51-49(32-35)43-16-14-37(15-17-43)12-13-38-30-36(2)31-46(33-38)48-11-7-6-10-47(48)42-22-24-44(25-23-42)50-34-45(27-29-52-50)41-20-18-40(19-21-41)39-8-4-3-5-9-39;/h6-7,10-11,14-16,18-24,26-34,39H,3-5,8-9,12-13H2,1-2H3;/q-2;/i1D3,39D;. The molecule has 1 saturated carbocycles. The van der Waals surface area contributed by atoms with Gasteiger partial charge in [0, 0.05) is 38.0 Å². The van der Waals surface area contributed by atoms with Crippen molar-refractivity contribution in [3.63, 3.8) is 0 Å². The quantitative estimate of drug-likeness (QED) is 0.135. The van der Waals surface area contributed by atoms with Crippen LogP contribution in [0.2, 0.25) is 0 Å². The summed E-state index contributed by atoms with van der Waals surface area (Å²) in [5, 5.41) is 0. The molecule has 0 N–H and O–H groups in total. The number of hydrogen-bond donors (Lipinski definition) is 0. The van der Waals surface area contributed by atoms with Crippen LogP contribution in [-0.4, -0.2) is 9.97 Å². The summed E-state index contributed by atoms with van der Waals surface area (Å²) in [6, 6.07) is 50.5. The number of hydrogen-bond acceptors (Lipinski definition) is 2. The molecule has 1 radical (unpaired) electrons. The van der Waals surface area contributed by atoms with Crippen molar-refractivity contribution in [1.29, 1.82) is 0 Å². The van der Waals surface area contributed by atoms with Crippen molar-refractivity contribution in [2.75, 3.05) is 0 Å². The molecule has 8 rings (SSSR count). The number of aromatic nitrogens is 2. The zero-order chi connectivity index (χ0) is 38.7. The van der Waals surface area contributed by atoms with Crippen molar-refractivity contribution in [2.24, 2.45) is 0 Å². The predicted octanol–water partition coefficient (Wildman–Crippen LogP) is 12.9. The minimum absolute atomic E-state index is 0. The van der Waals surface area contributed by atoms with Crippen molar-refractivity contribution < 1.29 is 25.6 Å². The second-order valence-corrected chi connectivity index (χ2v) is 14.0. The van der Waals surface area contributed by atoms with Crippen LogP contribution >= 0.6 is 0 Å². The average molecular weight is 869 g/mol. The van der Waals surface area contributed by atoms with Gasteiger partial charge in [0.15, 0.2) is 0 Å². The van der Waals surface area contributed by atoms with Gasteiger partial charge < -0.3 is 9.97 Å². The molecule has 0 bridgehead atoms. The van der Waals surface area contributed by atoms with Gasteiger partial charge in [-0.05, 0) is 95.8 Å². The first kappa shape index (κ1) is 31.6. The van der Waals surface area contributed by atoms with Crippen LogP contribution in [0.3, 0.4) is 0 Å². The summed E-state index contributed by atoms with van der Waals surface area (Å²) in [6.45, 7) is -0.0187. The topological polar surface area (TPSA) is 25.8 Å². The molecule has 7 aromatic rings. The fraction of sp³-hybridized carbons (Fsp3) is 0.200. The fourth-order valence-corrected chi connectivity index (χ4v) is 7.46. The summed E-state index contributed by atoms with van der Waals surface area (Å²) in [4.78, 5) is 9.09. The third-order valence-corrected chi connectivity index (χ3v) is 10.2. The van der Waals surface area contributed by atoms with Crippen LogP contribution in [0.15, 0.2) is 140 Å². The van der Waals surface area contributed by atoms with Gasteiger partial charge in [-0.1, -0.05) is 127 Å². The number of aryl methyl sites for hydroxylation is 4. The molecule has 2 heterocycles. The number of nitrogens with zero attached hydrogens (tertiary/aromatic N) is 2. The van der Waals surface area contributed by atoms with Crippen LogP contribution in [0.5, 0.6) is 0 Å². The molecule has 0 amide bonds. The molecule has 0 unspecified atom stereocenters. The Hall–Kier alpha value is -4.95. The molecule has 5 aromatic carbocycles. The molecule has 2 aromatic heterocycles. The summed E-state index contributed by atoms with van der Waals surface area (Å²) in [5.41, 5.74) is 15.1. The molecule has 53 heavy (non-hydrogen) atoms. The first-order valence-corrected chi connectivity index (χ1v) is 18.4. The van der Waals surface area contributed by atoms with Gasteiger partial charge in [-0.2, -0.15) is 0 Å². The van der Waals surface area contributed by atoms with Gasteiger partial charge in [0.1, 0.15) is 0 Å². The maximum absolute atomic E-state index is 9.01. The minimum Gasteiger partial charge on any atom is -0.305 e. The van der Waals surface area contributed by atoms with Crippen LogP contribution in [-0.2, 0) is 32.9 Å². The maximum atomic E-state index is 9.01. The van der Waals surface area contributed by atoms with Crippen LogP contribution in [0, 0.1) is 25.9 Å². The minimum atomic E-state index is -2.17. The second kappa shape index (κ2) is 16.8. The van der Waals surface area contributed by atoms with E-state index in [0.29, 0.717) is 5.69 Å². The first-order valence-electron chi connectivity index (χ1n) is 20.4. The normalized spacial score (nSPS) is 15.0. The summed E-state index contributed by atoms with van der Waals surface area (Å²) >= 11 is 0. The Morgan fingerprint density at radius 2 is 1.28 bits per heavy atom. The molecule has 2 nitrogen and oxygen atoms in total. The molecule has 1 aliphatic rings. The van der Waals surface area contributed by atoms with Crippen molar-refractivity contribution in [1.82, 2.24) is 9.97 Å². The molecule has 3 heteroatoms. The molecule has 0 atom stereocenters. The van der Waals surface area contributed by atoms with Gasteiger partial charge >= 0.3 is 0 Å². The fourth-order valence-electron chi connectivity index (χ4n) is 7.46. The van der Waals surface area contributed by atoms with Crippen molar-refractivity contribution in [3.8, 4) is 55.9 Å². The number of benzene rings is 5. The Kier molecular flexibility index (Phi) is 10.0. The molecular weight excluding hydrogens is 821 g/mol. The van der Waals surface area contributed by atoms with Gasteiger partial charge in [0.2, 0.25) is 0 Å². The largest absolute Gasteiger partial charge is 0.305 e. The zero-order valence-corrected chi connectivity index (χ0v) is 32.4. The van der Waals surface area contributed by atoms with E-state index in [1.807, 2.05) is 18.3 Å².